The number of aliphatic hydroxyl groups excluding tert-OH is 1. The number of aliphatic hydroxyl groups is 1. The number of aromatic nitrogens is 1. The molecule has 2 aromatic rings. The highest BCUT2D eigenvalue weighted by Gasteiger charge is 2.10. The van der Waals surface area contributed by atoms with Crippen molar-refractivity contribution in [1.29, 1.82) is 0 Å². The summed E-state index contributed by atoms with van der Waals surface area (Å²) in [5.41, 5.74) is 2.66. The van der Waals surface area contributed by atoms with Gasteiger partial charge >= 0.3 is 0 Å². The van der Waals surface area contributed by atoms with Gasteiger partial charge in [0, 0.05) is 12.6 Å². The van der Waals surface area contributed by atoms with Gasteiger partial charge in [-0.3, -0.25) is 4.98 Å². The molecule has 2 rings (SSSR count). The van der Waals surface area contributed by atoms with Gasteiger partial charge in [0.1, 0.15) is 0 Å². The van der Waals surface area contributed by atoms with Gasteiger partial charge in [0.05, 0.1) is 21.8 Å². The summed E-state index contributed by atoms with van der Waals surface area (Å²) in [4.78, 5) is 4.21. The molecule has 0 amide bonds. The first-order chi connectivity index (χ1) is 8.56. The van der Waals surface area contributed by atoms with Crippen molar-refractivity contribution in [2.75, 3.05) is 0 Å². The third kappa shape index (κ3) is 3.22. The van der Waals surface area contributed by atoms with E-state index in [-0.39, 0.29) is 0 Å². The Morgan fingerprint density at radius 2 is 1.94 bits per heavy atom. The maximum absolute atomic E-state index is 10.1. The van der Waals surface area contributed by atoms with Crippen molar-refractivity contribution >= 4 is 23.2 Å². The molecule has 18 heavy (non-hydrogen) atoms. The molecule has 0 radical (unpaired) electrons. The summed E-state index contributed by atoms with van der Waals surface area (Å²) < 4.78 is 0. The molecule has 94 valence electrons. The van der Waals surface area contributed by atoms with Crippen LogP contribution in [0.5, 0.6) is 0 Å². The summed E-state index contributed by atoms with van der Waals surface area (Å²) in [6.07, 6.45) is 1.57. The standard InChI is InChI=1S/C14H13Cl2NO/c1-9-2-5-13(17-8-9)14(18)7-10-3-4-11(15)12(16)6-10/h2-6,8,14,18H,7H2,1H3. The molecule has 0 fully saturated rings. The second kappa shape index (κ2) is 5.70. The maximum atomic E-state index is 10.1. The highest BCUT2D eigenvalue weighted by Crippen LogP contribution is 2.25. The van der Waals surface area contributed by atoms with Crippen molar-refractivity contribution in [3.63, 3.8) is 0 Å². The fourth-order valence-corrected chi connectivity index (χ4v) is 1.99. The van der Waals surface area contributed by atoms with Crippen LogP contribution in [0.25, 0.3) is 0 Å². The number of hydrogen-bond acceptors (Lipinski definition) is 2. The summed E-state index contributed by atoms with van der Waals surface area (Å²) in [6, 6.07) is 9.11. The third-order valence-corrected chi connectivity index (χ3v) is 3.43. The van der Waals surface area contributed by atoms with E-state index in [1.165, 1.54) is 0 Å². The first-order valence-electron chi connectivity index (χ1n) is 5.61. The molecule has 0 spiro atoms. The average Bonchev–Trinajstić information content (AvgIpc) is 2.34. The van der Waals surface area contributed by atoms with Crippen LogP contribution in [0.4, 0.5) is 0 Å². The zero-order valence-electron chi connectivity index (χ0n) is 9.90. The summed E-state index contributed by atoms with van der Waals surface area (Å²) in [5, 5.41) is 11.1. The van der Waals surface area contributed by atoms with Crippen LogP contribution in [0.15, 0.2) is 36.5 Å². The lowest BCUT2D eigenvalue weighted by Gasteiger charge is -2.11. The molecule has 1 aromatic carbocycles. The molecule has 1 aromatic heterocycles. The van der Waals surface area contributed by atoms with E-state index in [1.807, 2.05) is 25.1 Å². The predicted molar refractivity (Wildman–Crippen MR) is 74.1 cm³/mol. The summed E-state index contributed by atoms with van der Waals surface area (Å²) in [5.74, 6) is 0. The Balaban J connectivity index is 2.13. The first-order valence-corrected chi connectivity index (χ1v) is 6.36. The lowest BCUT2D eigenvalue weighted by Crippen LogP contribution is -2.04. The van der Waals surface area contributed by atoms with Crippen LogP contribution in [-0.2, 0) is 6.42 Å². The van der Waals surface area contributed by atoms with Gasteiger partial charge in [-0.15, -0.1) is 0 Å². The lowest BCUT2D eigenvalue weighted by atomic mass is 10.1. The van der Waals surface area contributed by atoms with Gasteiger partial charge in [-0.05, 0) is 36.2 Å². The number of benzene rings is 1. The van der Waals surface area contributed by atoms with Crippen LogP contribution >= 0.6 is 23.2 Å². The monoisotopic (exact) mass is 281 g/mol. The molecule has 0 aliphatic rings. The number of rotatable bonds is 3. The molecule has 0 aliphatic carbocycles. The second-order valence-corrected chi connectivity index (χ2v) is 5.04. The van der Waals surface area contributed by atoms with Crippen molar-refractivity contribution < 1.29 is 5.11 Å². The van der Waals surface area contributed by atoms with E-state index in [0.717, 1.165) is 11.1 Å². The Morgan fingerprint density at radius 3 is 2.56 bits per heavy atom. The van der Waals surface area contributed by atoms with Crippen LogP contribution in [0.3, 0.4) is 0 Å². The van der Waals surface area contributed by atoms with E-state index in [2.05, 4.69) is 4.98 Å². The van der Waals surface area contributed by atoms with Crippen LogP contribution in [-0.4, -0.2) is 10.1 Å². The van der Waals surface area contributed by atoms with Crippen molar-refractivity contribution in [2.45, 2.75) is 19.4 Å². The second-order valence-electron chi connectivity index (χ2n) is 4.23. The summed E-state index contributed by atoms with van der Waals surface area (Å²) >= 11 is 11.8. The maximum Gasteiger partial charge on any atom is 0.0999 e. The highest BCUT2D eigenvalue weighted by molar-refractivity contribution is 6.42. The zero-order chi connectivity index (χ0) is 13.1. The highest BCUT2D eigenvalue weighted by atomic mass is 35.5. The largest absolute Gasteiger partial charge is 0.386 e. The van der Waals surface area contributed by atoms with Crippen LogP contribution in [0.2, 0.25) is 10.0 Å². The minimum atomic E-state index is -0.636. The van der Waals surface area contributed by atoms with Crippen LogP contribution in [0.1, 0.15) is 22.9 Å². The Labute approximate surface area is 116 Å². The zero-order valence-corrected chi connectivity index (χ0v) is 11.4. The molecule has 1 N–H and O–H groups in total. The van der Waals surface area contributed by atoms with E-state index < -0.39 is 6.10 Å². The molecule has 0 saturated heterocycles. The number of halogens is 2. The van der Waals surface area contributed by atoms with Crippen LogP contribution < -0.4 is 0 Å². The van der Waals surface area contributed by atoms with Crippen molar-refractivity contribution in [2.24, 2.45) is 0 Å². The lowest BCUT2D eigenvalue weighted by molar-refractivity contribution is 0.173. The number of pyridine rings is 1. The van der Waals surface area contributed by atoms with Crippen molar-refractivity contribution in [1.82, 2.24) is 4.98 Å². The molecule has 4 heteroatoms. The average molecular weight is 282 g/mol. The number of hydrogen-bond donors (Lipinski definition) is 1. The molecule has 0 saturated carbocycles. The van der Waals surface area contributed by atoms with Crippen molar-refractivity contribution in [3.05, 3.63) is 63.4 Å². The SMILES string of the molecule is Cc1ccc(C(O)Cc2ccc(Cl)c(Cl)c2)nc1. The third-order valence-electron chi connectivity index (χ3n) is 2.69. The van der Waals surface area contributed by atoms with Gasteiger partial charge in [-0.2, -0.15) is 0 Å². The first kappa shape index (κ1) is 13.3. The molecular formula is C14H13Cl2NO. The van der Waals surface area contributed by atoms with Crippen LogP contribution in [0, 0.1) is 6.92 Å². The van der Waals surface area contributed by atoms with Gasteiger partial charge in [0.25, 0.3) is 0 Å². The Hall–Kier alpha value is -1.09. The summed E-state index contributed by atoms with van der Waals surface area (Å²) in [6.45, 7) is 1.96. The smallest absolute Gasteiger partial charge is 0.0999 e. The Morgan fingerprint density at radius 1 is 1.17 bits per heavy atom. The normalized spacial score (nSPS) is 12.4. The topological polar surface area (TPSA) is 33.1 Å². The van der Waals surface area contributed by atoms with Gasteiger partial charge in [0.2, 0.25) is 0 Å². The quantitative estimate of drug-likeness (QED) is 0.923. The predicted octanol–water partition coefficient (Wildman–Crippen LogP) is 3.97. The molecular weight excluding hydrogens is 269 g/mol. The minimum Gasteiger partial charge on any atom is -0.386 e. The van der Waals surface area contributed by atoms with E-state index in [1.54, 1.807) is 18.3 Å². The molecule has 0 bridgehead atoms. The van der Waals surface area contributed by atoms with Gasteiger partial charge < -0.3 is 5.11 Å². The van der Waals surface area contributed by atoms with E-state index in [4.69, 9.17) is 23.2 Å². The van der Waals surface area contributed by atoms with E-state index in [9.17, 15) is 5.11 Å². The fraction of sp³-hybridized carbons (Fsp3) is 0.214. The molecule has 1 heterocycles. The van der Waals surface area contributed by atoms with E-state index >= 15 is 0 Å². The molecule has 2 nitrogen and oxygen atoms in total. The number of aryl methyl sites for hydroxylation is 1. The molecule has 0 aliphatic heterocycles. The van der Waals surface area contributed by atoms with Gasteiger partial charge in [-0.25, -0.2) is 0 Å². The molecule has 1 unspecified atom stereocenters. The summed E-state index contributed by atoms with van der Waals surface area (Å²) in [7, 11) is 0. The van der Waals surface area contributed by atoms with E-state index in [0.29, 0.717) is 22.2 Å². The fourth-order valence-electron chi connectivity index (χ4n) is 1.67. The van der Waals surface area contributed by atoms with Gasteiger partial charge in [0.15, 0.2) is 0 Å². The van der Waals surface area contributed by atoms with Gasteiger partial charge in [-0.1, -0.05) is 35.3 Å². The van der Waals surface area contributed by atoms with Crippen molar-refractivity contribution in [3.8, 4) is 0 Å². The molecule has 1 atom stereocenters. The Kier molecular flexibility index (Phi) is 4.23. The number of nitrogens with zero attached hydrogens (tertiary/aromatic N) is 1. The minimum absolute atomic E-state index is 0.465. The Bertz CT molecular complexity index is 540.